The molecule has 0 aliphatic heterocycles. The first kappa shape index (κ1) is 10.3. The van der Waals surface area contributed by atoms with Crippen molar-refractivity contribution in [3.63, 3.8) is 0 Å². The van der Waals surface area contributed by atoms with Crippen LogP contribution in [0.2, 0.25) is 0 Å². The largest absolute Gasteiger partial charge is 0.335 e. The number of imidazole rings is 1. The molecule has 1 rings (SSSR count). The Bertz CT molecular complexity index is 289. The lowest BCUT2D eigenvalue weighted by Gasteiger charge is -2.07. The van der Waals surface area contributed by atoms with Gasteiger partial charge in [0.15, 0.2) is 0 Å². The lowest BCUT2D eigenvalue weighted by atomic mass is 10.0. The van der Waals surface area contributed by atoms with Crippen LogP contribution in [0.25, 0.3) is 0 Å². The van der Waals surface area contributed by atoms with Crippen molar-refractivity contribution in [2.45, 2.75) is 33.1 Å². The summed E-state index contributed by atoms with van der Waals surface area (Å²) in [5, 5.41) is 0. The number of nitrogens with two attached hydrogens (primary N) is 1. The molecule has 0 fully saturated rings. The second-order valence-electron chi connectivity index (χ2n) is 3.67. The maximum Gasteiger partial charge on any atom is 0.105 e. The van der Waals surface area contributed by atoms with Crippen molar-refractivity contribution >= 4 is 0 Å². The molecule has 13 heavy (non-hydrogen) atoms. The highest BCUT2D eigenvalue weighted by Gasteiger charge is 2.13. The molecule has 0 aromatic carbocycles. The molecule has 0 spiro atoms. The molecule has 74 valence electrons. The first-order chi connectivity index (χ1) is 6.07. The second kappa shape index (κ2) is 3.92. The Morgan fingerprint density at radius 2 is 2.08 bits per heavy atom. The van der Waals surface area contributed by atoms with Crippen molar-refractivity contribution in [1.82, 2.24) is 9.55 Å². The van der Waals surface area contributed by atoms with Gasteiger partial charge in [0.25, 0.3) is 0 Å². The van der Waals surface area contributed by atoms with E-state index in [0.29, 0.717) is 5.92 Å². The highest BCUT2D eigenvalue weighted by Crippen LogP contribution is 2.21. The molecule has 1 aromatic heterocycles. The Balaban J connectivity index is 2.94. The summed E-state index contributed by atoms with van der Waals surface area (Å²) in [6, 6.07) is 0. The molecule has 2 N–H and O–H groups in total. The van der Waals surface area contributed by atoms with E-state index in [4.69, 9.17) is 5.73 Å². The van der Waals surface area contributed by atoms with Gasteiger partial charge in [-0.3, -0.25) is 0 Å². The molecule has 1 aromatic rings. The summed E-state index contributed by atoms with van der Waals surface area (Å²) < 4.78 is 2.13. The highest BCUT2D eigenvalue weighted by atomic mass is 15.1. The van der Waals surface area contributed by atoms with Crippen LogP contribution >= 0.6 is 0 Å². The smallest absolute Gasteiger partial charge is 0.105 e. The molecular weight excluding hydrogens is 162 g/mol. The Hall–Kier alpha value is -0.830. The van der Waals surface area contributed by atoms with Gasteiger partial charge in [-0.15, -0.1) is 0 Å². The van der Waals surface area contributed by atoms with E-state index in [1.54, 1.807) is 0 Å². The van der Waals surface area contributed by atoms with Gasteiger partial charge in [-0.1, -0.05) is 6.92 Å². The maximum absolute atomic E-state index is 5.53. The molecule has 0 saturated heterocycles. The zero-order chi connectivity index (χ0) is 10.0. The fourth-order valence-corrected chi connectivity index (χ4v) is 1.60. The van der Waals surface area contributed by atoms with Crippen LogP contribution in [0.3, 0.4) is 0 Å². The third-order valence-corrected chi connectivity index (χ3v) is 2.71. The van der Waals surface area contributed by atoms with Crippen LogP contribution in [-0.4, -0.2) is 16.1 Å². The van der Waals surface area contributed by atoms with Crippen LogP contribution in [0.1, 0.15) is 36.5 Å². The summed E-state index contributed by atoms with van der Waals surface area (Å²) in [7, 11) is 2.05. The standard InChI is InChI=1S/C10H19N3/c1-7(5-6-11)10-8(2)13(4)9(3)12-10/h7H,5-6,11H2,1-4H3. The predicted molar refractivity (Wildman–Crippen MR) is 54.8 cm³/mol. The maximum atomic E-state index is 5.53. The Morgan fingerprint density at radius 1 is 1.46 bits per heavy atom. The number of aryl methyl sites for hydroxylation is 1. The van der Waals surface area contributed by atoms with Gasteiger partial charge in [-0.05, 0) is 26.8 Å². The average molecular weight is 181 g/mol. The number of rotatable bonds is 3. The van der Waals surface area contributed by atoms with Crippen molar-refractivity contribution in [3.8, 4) is 0 Å². The lowest BCUT2D eigenvalue weighted by molar-refractivity contribution is 0.667. The van der Waals surface area contributed by atoms with Crippen LogP contribution in [0.15, 0.2) is 0 Å². The summed E-state index contributed by atoms with van der Waals surface area (Å²) in [6.45, 7) is 7.06. The van der Waals surface area contributed by atoms with E-state index in [2.05, 4.69) is 30.4 Å². The molecule has 0 saturated carbocycles. The van der Waals surface area contributed by atoms with E-state index < -0.39 is 0 Å². The molecular formula is C10H19N3. The van der Waals surface area contributed by atoms with Crippen molar-refractivity contribution in [2.75, 3.05) is 6.54 Å². The van der Waals surface area contributed by atoms with Crippen LogP contribution in [0.5, 0.6) is 0 Å². The normalized spacial score (nSPS) is 13.3. The molecule has 0 bridgehead atoms. The van der Waals surface area contributed by atoms with Gasteiger partial charge < -0.3 is 10.3 Å². The summed E-state index contributed by atoms with van der Waals surface area (Å²) in [5.41, 5.74) is 7.99. The second-order valence-corrected chi connectivity index (χ2v) is 3.67. The fraction of sp³-hybridized carbons (Fsp3) is 0.700. The van der Waals surface area contributed by atoms with Gasteiger partial charge in [0.05, 0.1) is 5.69 Å². The number of nitrogens with zero attached hydrogens (tertiary/aromatic N) is 2. The summed E-state index contributed by atoms with van der Waals surface area (Å²) >= 11 is 0. The molecule has 1 atom stereocenters. The fourth-order valence-electron chi connectivity index (χ4n) is 1.60. The minimum Gasteiger partial charge on any atom is -0.335 e. The molecule has 3 nitrogen and oxygen atoms in total. The van der Waals surface area contributed by atoms with Gasteiger partial charge in [0, 0.05) is 18.7 Å². The lowest BCUT2D eigenvalue weighted by Crippen LogP contribution is -2.06. The quantitative estimate of drug-likeness (QED) is 0.767. The van der Waals surface area contributed by atoms with E-state index >= 15 is 0 Å². The van der Waals surface area contributed by atoms with Crippen LogP contribution in [0, 0.1) is 13.8 Å². The molecule has 0 amide bonds. The monoisotopic (exact) mass is 181 g/mol. The summed E-state index contributed by atoms with van der Waals surface area (Å²) in [5.74, 6) is 1.56. The topological polar surface area (TPSA) is 43.8 Å². The zero-order valence-electron chi connectivity index (χ0n) is 8.96. The Labute approximate surface area is 80.0 Å². The van der Waals surface area contributed by atoms with Crippen molar-refractivity contribution < 1.29 is 0 Å². The van der Waals surface area contributed by atoms with Gasteiger partial charge in [0.2, 0.25) is 0 Å². The van der Waals surface area contributed by atoms with E-state index in [1.807, 2.05) is 6.92 Å². The number of aromatic nitrogens is 2. The molecule has 0 radical (unpaired) electrons. The van der Waals surface area contributed by atoms with Gasteiger partial charge >= 0.3 is 0 Å². The number of hydrogen-bond donors (Lipinski definition) is 1. The Kier molecular flexibility index (Phi) is 3.09. The highest BCUT2D eigenvalue weighted by molar-refractivity contribution is 5.18. The summed E-state index contributed by atoms with van der Waals surface area (Å²) in [4.78, 5) is 4.54. The van der Waals surface area contributed by atoms with E-state index in [9.17, 15) is 0 Å². The third kappa shape index (κ3) is 1.91. The van der Waals surface area contributed by atoms with Crippen LogP contribution < -0.4 is 5.73 Å². The van der Waals surface area contributed by atoms with E-state index in [0.717, 1.165) is 18.8 Å². The molecule has 1 unspecified atom stereocenters. The molecule has 1 heterocycles. The van der Waals surface area contributed by atoms with E-state index in [-0.39, 0.29) is 0 Å². The minimum atomic E-state index is 0.477. The molecule has 3 heteroatoms. The van der Waals surface area contributed by atoms with Gasteiger partial charge in [0.1, 0.15) is 5.82 Å². The Morgan fingerprint density at radius 3 is 2.46 bits per heavy atom. The average Bonchev–Trinajstić information content (AvgIpc) is 2.33. The predicted octanol–water partition coefficient (Wildman–Crippen LogP) is 1.49. The summed E-state index contributed by atoms with van der Waals surface area (Å²) in [6.07, 6.45) is 1.01. The van der Waals surface area contributed by atoms with Gasteiger partial charge in [-0.2, -0.15) is 0 Å². The number of hydrogen-bond acceptors (Lipinski definition) is 2. The van der Waals surface area contributed by atoms with Crippen molar-refractivity contribution in [1.29, 1.82) is 0 Å². The van der Waals surface area contributed by atoms with E-state index in [1.165, 1.54) is 11.4 Å². The van der Waals surface area contributed by atoms with Crippen LogP contribution in [0.4, 0.5) is 0 Å². The third-order valence-electron chi connectivity index (χ3n) is 2.71. The molecule has 0 aliphatic carbocycles. The zero-order valence-corrected chi connectivity index (χ0v) is 8.96. The van der Waals surface area contributed by atoms with Crippen molar-refractivity contribution in [3.05, 3.63) is 17.2 Å². The minimum absolute atomic E-state index is 0.477. The van der Waals surface area contributed by atoms with Gasteiger partial charge in [-0.25, -0.2) is 4.98 Å². The molecule has 0 aliphatic rings. The van der Waals surface area contributed by atoms with Crippen molar-refractivity contribution in [2.24, 2.45) is 12.8 Å². The first-order valence-corrected chi connectivity index (χ1v) is 4.77. The van der Waals surface area contributed by atoms with Crippen LogP contribution in [-0.2, 0) is 7.05 Å². The SMILES string of the molecule is Cc1nc(C(C)CCN)c(C)n1C. The first-order valence-electron chi connectivity index (χ1n) is 4.77.